The van der Waals surface area contributed by atoms with E-state index in [1.165, 1.54) is 13.8 Å². The molecule has 0 aliphatic carbocycles. The molecule has 1 heterocycles. The number of carbonyl (C=O) groups excluding carboxylic acids is 1. The number of Topliss-reactive ketones (excluding diaryl/α,β-unsaturated/α-hetero) is 1. The summed E-state index contributed by atoms with van der Waals surface area (Å²) in [5.41, 5.74) is 2.47. The standard InChI is InChI=1S/C15H16BrNO3/c1-7(2)10-5-11(16)14-12(6-10)17-15(20-14)13(8(3)18)9(4)19/h5-7,18H,1-4H3/b13-8-. The molecule has 1 aromatic carbocycles. The molecule has 2 rings (SSSR count). The Morgan fingerprint density at radius 1 is 1.35 bits per heavy atom. The lowest BCUT2D eigenvalue weighted by Crippen LogP contribution is -1.99. The van der Waals surface area contributed by atoms with Gasteiger partial charge in [-0.1, -0.05) is 13.8 Å². The predicted molar refractivity (Wildman–Crippen MR) is 81.7 cm³/mol. The number of carbonyl (C=O) groups is 1. The number of allylic oxidation sites excluding steroid dienone is 2. The molecule has 0 aliphatic rings. The van der Waals surface area contributed by atoms with Crippen molar-refractivity contribution in [3.8, 4) is 0 Å². The Labute approximate surface area is 125 Å². The van der Waals surface area contributed by atoms with Gasteiger partial charge in [0, 0.05) is 0 Å². The van der Waals surface area contributed by atoms with Gasteiger partial charge in [-0.05, 0) is 53.4 Å². The van der Waals surface area contributed by atoms with Crippen LogP contribution < -0.4 is 0 Å². The number of nitrogens with zero attached hydrogens (tertiary/aromatic N) is 1. The number of aromatic nitrogens is 1. The summed E-state index contributed by atoms with van der Waals surface area (Å²) in [4.78, 5) is 15.9. The van der Waals surface area contributed by atoms with Gasteiger partial charge in [0.05, 0.1) is 4.47 Å². The van der Waals surface area contributed by atoms with E-state index in [0.29, 0.717) is 17.0 Å². The number of ketones is 1. The van der Waals surface area contributed by atoms with Crippen LogP contribution in [-0.2, 0) is 4.79 Å². The minimum absolute atomic E-state index is 0.0933. The average molecular weight is 338 g/mol. The number of halogens is 1. The zero-order valence-corrected chi connectivity index (χ0v) is 13.4. The smallest absolute Gasteiger partial charge is 0.234 e. The minimum atomic E-state index is -0.281. The summed E-state index contributed by atoms with van der Waals surface area (Å²) in [6.45, 7) is 7.00. The molecule has 1 aromatic heterocycles. The molecule has 0 amide bonds. The lowest BCUT2D eigenvalue weighted by Gasteiger charge is -2.04. The molecule has 0 unspecified atom stereocenters. The molecule has 0 fully saturated rings. The van der Waals surface area contributed by atoms with Crippen LogP contribution in [0.4, 0.5) is 0 Å². The largest absolute Gasteiger partial charge is 0.512 e. The third kappa shape index (κ3) is 2.63. The van der Waals surface area contributed by atoms with Gasteiger partial charge in [-0.25, -0.2) is 4.98 Å². The number of fused-ring (bicyclic) bond motifs is 1. The van der Waals surface area contributed by atoms with Crippen molar-refractivity contribution in [1.29, 1.82) is 0 Å². The van der Waals surface area contributed by atoms with Gasteiger partial charge >= 0.3 is 0 Å². The van der Waals surface area contributed by atoms with Gasteiger partial charge in [0.2, 0.25) is 5.89 Å². The van der Waals surface area contributed by atoms with Gasteiger partial charge in [-0.3, -0.25) is 4.79 Å². The molecule has 0 bridgehead atoms. The highest BCUT2D eigenvalue weighted by Crippen LogP contribution is 2.32. The molecule has 0 saturated heterocycles. The molecule has 0 atom stereocenters. The molecule has 0 radical (unpaired) electrons. The topological polar surface area (TPSA) is 63.3 Å². The van der Waals surface area contributed by atoms with Crippen molar-refractivity contribution < 1.29 is 14.3 Å². The van der Waals surface area contributed by atoms with E-state index in [-0.39, 0.29) is 23.0 Å². The van der Waals surface area contributed by atoms with Crippen LogP contribution in [0.5, 0.6) is 0 Å². The fraction of sp³-hybridized carbons (Fsp3) is 0.333. The van der Waals surface area contributed by atoms with Crippen LogP contribution in [0.3, 0.4) is 0 Å². The highest BCUT2D eigenvalue weighted by Gasteiger charge is 2.19. The molecular weight excluding hydrogens is 322 g/mol. The summed E-state index contributed by atoms with van der Waals surface area (Å²) >= 11 is 3.46. The van der Waals surface area contributed by atoms with Gasteiger partial charge in [-0.2, -0.15) is 0 Å². The van der Waals surface area contributed by atoms with Crippen molar-refractivity contribution in [2.75, 3.05) is 0 Å². The molecular formula is C15H16BrNO3. The molecule has 20 heavy (non-hydrogen) atoms. The van der Waals surface area contributed by atoms with E-state index in [0.717, 1.165) is 10.0 Å². The highest BCUT2D eigenvalue weighted by atomic mass is 79.9. The van der Waals surface area contributed by atoms with Crippen LogP contribution in [0.2, 0.25) is 0 Å². The number of benzene rings is 1. The number of aliphatic hydroxyl groups excluding tert-OH is 1. The van der Waals surface area contributed by atoms with Crippen molar-refractivity contribution >= 4 is 38.4 Å². The second kappa shape index (κ2) is 5.40. The number of rotatable bonds is 3. The number of hydrogen-bond acceptors (Lipinski definition) is 4. The minimum Gasteiger partial charge on any atom is -0.512 e. The normalized spacial score (nSPS) is 12.9. The van der Waals surface area contributed by atoms with Crippen molar-refractivity contribution in [2.45, 2.75) is 33.6 Å². The SMILES string of the molecule is CC(=O)/C(=C(\C)O)c1nc2cc(C(C)C)cc(Br)c2o1. The maximum Gasteiger partial charge on any atom is 0.234 e. The molecule has 4 nitrogen and oxygen atoms in total. The third-order valence-electron chi connectivity index (χ3n) is 3.06. The molecule has 5 heteroatoms. The van der Waals surface area contributed by atoms with E-state index in [4.69, 9.17) is 4.42 Å². The van der Waals surface area contributed by atoms with E-state index in [1.54, 1.807) is 0 Å². The fourth-order valence-electron chi connectivity index (χ4n) is 2.01. The van der Waals surface area contributed by atoms with Gasteiger partial charge < -0.3 is 9.52 Å². The lowest BCUT2D eigenvalue weighted by atomic mass is 10.0. The van der Waals surface area contributed by atoms with E-state index in [9.17, 15) is 9.90 Å². The third-order valence-corrected chi connectivity index (χ3v) is 3.65. The van der Waals surface area contributed by atoms with Crippen molar-refractivity contribution in [1.82, 2.24) is 4.98 Å². The monoisotopic (exact) mass is 337 g/mol. The van der Waals surface area contributed by atoms with Crippen LogP contribution in [0.15, 0.2) is 26.8 Å². The predicted octanol–water partition coefficient (Wildman–Crippen LogP) is 4.59. The van der Waals surface area contributed by atoms with Crippen LogP contribution in [0.1, 0.15) is 45.1 Å². The Morgan fingerprint density at radius 2 is 2.00 bits per heavy atom. The second-order valence-electron chi connectivity index (χ2n) is 5.04. The number of hydrogen-bond donors (Lipinski definition) is 1. The summed E-state index contributed by atoms with van der Waals surface area (Å²) in [5, 5.41) is 9.62. The first-order valence-electron chi connectivity index (χ1n) is 6.32. The second-order valence-corrected chi connectivity index (χ2v) is 5.90. The van der Waals surface area contributed by atoms with Gasteiger partial charge in [0.1, 0.15) is 16.8 Å². The molecule has 2 aromatic rings. The lowest BCUT2D eigenvalue weighted by molar-refractivity contribution is -0.112. The van der Waals surface area contributed by atoms with Crippen molar-refractivity contribution in [3.63, 3.8) is 0 Å². The van der Waals surface area contributed by atoms with Gasteiger partial charge in [0.25, 0.3) is 0 Å². The molecule has 0 aliphatic heterocycles. The number of aliphatic hydroxyl groups is 1. The first-order valence-corrected chi connectivity index (χ1v) is 7.11. The molecule has 1 N–H and O–H groups in total. The quantitative estimate of drug-likeness (QED) is 0.657. The highest BCUT2D eigenvalue weighted by molar-refractivity contribution is 9.10. The van der Waals surface area contributed by atoms with Crippen molar-refractivity contribution in [3.05, 3.63) is 33.8 Å². The van der Waals surface area contributed by atoms with Crippen LogP contribution in [0, 0.1) is 0 Å². The zero-order chi connectivity index (χ0) is 15.0. The van der Waals surface area contributed by atoms with Crippen molar-refractivity contribution in [2.24, 2.45) is 0 Å². The molecule has 0 spiro atoms. The van der Waals surface area contributed by atoms with Crippen LogP contribution in [-0.4, -0.2) is 15.9 Å². The average Bonchev–Trinajstić information content (AvgIpc) is 2.71. The van der Waals surface area contributed by atoms with E-state index in [1.807, 2.05) is 12.1 Å². The maximum atomic E-state index is 11.6. The summed E-state index contributed by atoms with van der Waals surface area (Å²) in [7, 11) is 0. The Balaban J connectivity index is 2.68. The van der Waals surface area contributed by atoms with Gasteiger partial charge in [0.15, 0.2) is 11.4 Å². The Kier molecular flexibility index (Phi) is 3.99. The summed E-state index contributed by atoms with van der Waals surface area (Å²) in [6.07, 6.45) is 0. The Bertz CT molecular complexity index is 709. The Morgan fingerprint density at radius 3 is 2.50 bits per heavy atom. The maximum absolute atomic E-state index is 11.6. The van der Waals surface area contributed by atoms with E-state index < -0.39 is 0 Å². The fourth-order valence-corrected chi connectivity index (χ4v) is 2.56. The van der Waals surface area contributed by atoms with Crippen LogP contribution in [0.25, 0.3) is 16.7 Å². The first-order chi connectivity index (χ1) is 9.31. The van der Waals surface area contributed by atoms with E-state index in [2.05, 4.69) is 34.8 Å². The van der Waals surface area contributed by atoms with Crippen LogP contribution >= 0.6 is 15.9 Å². The molecule has 106 valence electrons. The summed E-state index contributed by atoms with van der Waals surface area (Å²) < 4.78 is 6.41. The zero-order valence-electron chi connectivity index (χ0n) is 11.8. The Hall–Kier alpha value is -1.62. The molecule has 0 saturated carbocycles. The first kappa shape index (κ1) is 14.8. The summed E-state index contributed by atoms with van der Waals surface area (Å²) in [5.74, 6) is 0.133. The number of oxazole rings is 1. The summed E-state index contributed by atoms with van der Waals surface area (Å²) in [6, 6.07) is 3.91. The van der Waals surface area contributed by atoms with Gasteiger partial charge in [-0.15, -0.1) is 0 Å². The van der Waals surface area contributed by atoms with E-state index >= 15 is 0 Å².